The summed E-state index contributed by atoms with van der Waals surface area (Å²) in [7, 11) is 5.02. The molecule has 0 unspecified atom stereocenters. The lowest BCUT2D eigenvalue weighted by molar-refractivity contribution is -0.885. The number of aromatic amines is 1. The summed E-state index contributed by atoms with van der Waals surface area (Å²) in [6, 6.07) is 0.290. The maximum absolute atomic E-state index is 13.1. The van der Waals surface area contributed by atoms with Gasteiger partial charge in [-0.1, -0.05) is 5.16 Å². The van der Waals surface area contributed by atoms with E-state index in [0.29, 0.717) is 35.1 Å². The van der Waals surface area contributed by atoms with E-state index in [-0.39, 0.29) is 40.3 Å². The quantitative estimate of drug-likeness (QED) is 0.0700. The van der Waals surface area contributed by atoms with Crippen LogP contribution in [0.2, 0.25) is 0 Å². The lowest BCUT2D eigenvalue weighted by atomic mass is 10.0. The fourth-order valence-electron chi connectivity index (χ4n) is 4.47. The Morgan fingerprint density at radius 3 is 2.80 bits per heavy atom. The topological polar surface area (TPSA) is 206 Å². The number of hydrogen-bond acceptors (Lipinski definition) is 12. The Kier molecular flexibility index (Phi) is 8.79. The number of carboxylic acid groups (broad SMARTS) is 1. The van der Waals surface area contributed by atoms with E-state index < -0.39 is 34.6 Å². The Balaban J connectivity index is 1.46. The van der Waals surface area contributed by atoms with Gasteiger partial charge in [-0.2, -0.15) is 0 Å². The number of carboxylic acids is 1. The molecule has 4 heterocycles. The molecule has 2 aliphatic rings. The molecule has 0 aromatic carbocycles. The van der Waals surface area contributed by atoms with Crippen LogP contribution >= 0.6 is 23.1 Å². The molecule has 17 heteroatoms. The van der Waals surface area contributed by atoms with Crippen LogP contribution in [0, 0.1) is 0 Å². The number of hydrogen-bond donors (Lipinski definition) is 4. The van der Waals surface area contributed by atoms with E-state index in [1.54, 1.807) is 0 Å². The highest BCUT2D eigenvalue weighted by atomic mass is 32.2. The average Bonchev–Trinajstić information content (AvgIpc) is 3.38. The largest absolute Gasteiger partial charge is 0.543 e. The Hall–Kier alpha value is -4.22. The molecule has 3 amide bonds. The van der Waals surface area contributed by atoms with E-state index in [1.165, 1.54) is 36.5 Å². The minimum Gasteiger partial charge on any atom is -0.543 e. The van der Waals surface area contributed by atoms with E-state index in [9.17, 15) is 34.2 Å². The van der Waals surface area contributed by atoms with Crippen LogP contribution in [0.25, 0.3) is 0 Å². The van der Waals surface area contributed by atoms with Gasteiger partial charge in [0.2, 0.25) is 11.8 Å². The number of aromatic hydroxyl groups is 1. The van der Waals surface area contributed by atoms with Crippen molar-refractivity contribution in [1.82, 2.24) is 20.2 Å². The van der Waals surface area contributed by atoms with E-state index >= 15 is 0 Å². The fourth-order valence-corrected chi connectivity index (χ4v) is 6.46. The zero-order chi connectivity index (χ0) is 29.9. The molecule has 1 fully saturated rings. The number of thiazole rings is 1. The van der Waals surface area contributed by atoms with Crippen molar-refractivity contribution in [2.75, 3.05) is 45.4 Å². The van der Waals surface area contributed by atoms with Crippen LogP contribution < -0.4 is 21.2 Å². The molecule has 0 saturated carbocycles. The SMILES string of the molecule is CON=C(C(=O)N[C@@H]1C(=O)N2C(C(=O)[O-])=C(C[N+](C)(C)CCc3cc(=O)c(O)c[nH]3)CS[C@@H]12)c1csc(NC=O)n1. The van der Waals surface area contributed by atoms with Gasteiger partial charge in [0.1, 0.15) is 30.8 Å². The molecule has 4 rings (SSSR count). The number of H-pyrrole nitrogens is 1. The Bertz CT molecular complexity index is 1500. The summed E-state index contributed by atoms with van der Waals surface area (Å²) in [6.07, 6.45) is 2.12. The van der Waals surface area contributed by atoms with Crippen LogP contribution in [0.3, 0.4) is 0 Å². The van der Waals surface area contributed by atoms with Crippen LogP contribution in [0.4, 0.5) is 5.13 Å². The average molecular weight is 606 g/mol. The molecular formula is C24H27N7O8S2. The highest BCUT2D eigenvalue weighted by molar-refractivity contribution is 8.00. The van der Waals surface area contributed by atoms with Crippen molar-refractivity contribution in [2.24, 2.45) is 5.16 Å². The maximum Gasteiger partial charge on any atom is 0.276 e. The van der Waals surface area contributed by atoms with E-state index in [1.807, 2.05) is 14.1 Å². The molecule has 0 aliphatic carbocycles. The monoisotopic (exact) mass is 605 g/mol. The number of β-lactam (4-membered cyclic amide) rings is 1. The fraction of sp³-hybridized carbons (Fsp3) is 0.375. The molecule has 2 aromatic rings. The molecular weight excluding hydrogens is 578 g/mol. The molecule has 2 aromatic heterocycles. The molecule has 1 saturated heterocycles. The van der Waals surface area contributed by atoms with Crippen molar-refractivity contribution in [3.63, 3.8) is 0 Å². The number of quaternary nitrogens is 1. The first-order valence-electron chi connectivity index (χ1n) is 12.1. The van der Waals surface area contributed by atoms with Crippen LogP contribution in [0.15, 0.2) is 38.9 Å². The first-order valence-corrected chi connectivity index (χ1v) is 14.1. The van der Waals surface area contributed by atoms with Crippen molar-refractivity contribution in [2.45, 2.75) is 17.8 Å². The van der Waals surface area contributed by atoms with Gasteiger partial charge in [0.15, 0.2) is 16.6 Å². The lowest BCUT2D eigenvalue weighted by Gasteiger charge is -2.51. The number of amides is 3. The van der Waals surface area contributed by atoms with Gasteiger partial charge in [-0.15, -0.1) is 23.1 Å². The number of carbonyl (C=O) groups excluding carboxylic acids is 4. The minimum atomic E-state index is -1.49. The predicted molar refractivity (Wildman–Crippen MR) is 147 cm³/mol. The van der Waals surface area contributed by atoms with Crippen molar-refractivity contribution >= 4 is 58.1 Å². The summed E-state index contributed by atoms with van der Waals surface area (Å²) >= 11 is 2.37. The number of pyridine rings is 1. The molecule has 0 bridgehead atoms. The number of aliphatic carboxylic acids is 1. The Morgan fingerprint density at radius 1 is 1.39 bits per heavy atom. The Labute approximate surface area is 241 Å². The number of fused-ring (bicyclic) bond motifs is 1. The normalized spacial score (nSPS) is 18.9. The molecule has 41 heavy (non-hydrogen) atoms. The first kappa shape index (κ1) is 29.8. The second-order valence-electron chi connectivity index (χ2n) is 9.80. The van der Waals surface area contributed by atoms with Crippen LogP contribution in [-0.4, -0.2) is 106 Å². The van der Waals surface area contributed by atoms with Gasteiger partial charge in [0, 0.05) is 41.1 Å². The number of thioether (sulfide) groups is 1. The van der Waals surface area contributed by atoms with Crippen molar-refractivity contribution in [3.05, 3.63) is 50.5 Å². The summed E-state index contributed by atoms with van der Waals surface area (Å²) in [5.74, 6) is -2.96. The van der Waals surface area contributed by atoms with Crippen molar-refractivity contribution in [1.29, 1.82) is 0 Å². The van der Waals surface area contributed by atoms with Gasteiger partial charge in [-0.05, 0) is 0 Å². The zero-order valence-electron chi connectivity index (χ0n) is 22.2. The van der Waals surface area contributed by atoms with Gasteiger partial charge in [0.05, 0.1) is 32.3 Å². The van der Waals surface area contributed by atoms with Gasteiger partial charge in [-0.25, -0.2) is 4.98 Å². The number of oxime groups is 1. The molecule has 15 nitrogen and oxygen atoms in total. The van der Waals surface area contributed by atoms with Crippen molar-refractivity contribution in [3.8, 4) is 5.75 Å². The summed E-state index contributed by atoms with van der Waals surface area (Å²) in [5, 5.41) is 31.3. The van der Waals surface area contributed by atoms with Crippen LogP contribution in [0.1, 0.15) is 11.4 Å². The van der Waals surface area contributed by atoms with Crippen LogP contribution in [0.5, 0.6) is 5.75 Å². The predicted octanol–water partition coefficient (Wildman–Crippen LogP) is -1.82. The Morgan fingerprint density at radius 2 is 2.15 bits per heavy atom. The summed E-state index contributed by atoms with van der Waals surface area (Å²) in [4.78, 5) is 73.5. The van der Waals surface area contributed by atoms with Gasteiger partial charge in [-0.3, -0.25) is 24.1 Å². The summed E-state index contributed by atoms with van der Waals surface area (Å²) < 4.78 is 0.341. The van der Waals surface area contributed by atoms with Gasteiger partial charge >= 0.3 is 0 Å². The van der Waals surface area contributed by atoms with E-state index in [4.69, 9.17) is 4.84 Å². The molecule has 218 valence electrons. The maximum atomic E-state index is 13.1. The standard InChI is InChI=1S/C24H27N7O8S2/c1-31(2,5-4-13-6-15(33)16(34)7-25-13)8-12-9-40-22-18(21(36)30(22)19(12)23(37)38)28-20(35)17(29-39-3)14-10-41-24(27-14)26-11-32/h6-7,10-11,18,22H,4-5,8-9H2,1-3H3,(H4-,25,26,27,28,29,32,33,34,35,37,38)/t18-,22+/m1/s1. The number of anilines is 1. The lowest BCUT2D eigenvalue weighted by Crippen LogP contribution is -2.71. The van der Waals surface area contributed by atoms with E-state index in [2.05, 4.69) is 25.8 Å². The summed E-state index contributed by atoms with van der Waals surface area (Å²) in [6.45, 7) is 0.811. The molecule has 2 atom stereocenters. The zero-order valence-corrected chi connectivity index (χ0v) is 23.8. The van der Waals surface area contributed by atoms with Crippen molar-refractivity contribution < 1.29 is 38.7 Å². The summed E-state index contributed by atoms with van der Waals surface area (Å²) in [5.41, 5.74) is 0.308. The molecule has 4 N–H and O–H groups in total. The number of aromatic nitrogens is 2. The third-order valence-corrected chi connectivity index (χ3v) is 8.52. The highest BCUT2D eigenvalue weighted by Gasteiger charge is 2.53. The number of nitrogens with one attached hydrogen (secondary N) is 3. The van der Waals surface area contributed by atoms with Gasteiger partial charge < -0.3 is 39.9 Å². The molecule has 0 radical (unpaired) electrons. The third kappa shape index (κ3) is 6.41. The smallest absolute Gasteiger partial charge is 0.276 e. The highest BCUT2D eigenvalue weighted by Crippen LogP contribution is 2.40. The second kappa shape index (κ2) is 12.1. The van der Waals surface area contributed by atoms with E-state index in [0.717, 1.165) is 16.2 Å². The molecule has 2 aliphatic heterocycles. The first-order chi connectivity index (χ1) is 19.5. The number of carbonyl (C=O) groups is 4. The number of likely N-dealkylation sites (N-methyl/N-ethyl adjacent to an activating group) is 1. The third-order valence-electron chi connectivity index (χ3n) is 6.41. The van der Waals surface area contributed by atoms with Gasteiger partial charge in [0.25, 0.3) is 11.8 Å². The minimum absolute atomic E-state index is 0.118. The van der Waals surface area contributed by atoms with Crippen LogP contribution in [-0.2, 0) is 30.4 Å². The second-order valence-corrected chi connectivity index (χ2v) is 11.8. The number of nitrogens with zero attached hydrogens (tertiary/aromatic N) is 4. The molecule has 0 spiro atoms. The number of rotatable bonds is 12.